The Morgan fingerprint density at radius 1 is 1.26 bits per heavy atom. The molecule has 0 aliphatic carbocycles. The number of nitrogens with two attached hydrogens (primary N) is 1. The van der Waals surface area contributed by atoms with Crippen LogP contribution in [0.15, 0.2) is 41.8 Å². The third kappa shape index (κ3) is 3.07. The van der Waals surface area contributed by atoms with Crippen molar-refractivity contribution in [3.8, 4) is 0 Å². The maximum Gasteiger partial charge on any atom is 0.262 e. The normalized spacial score (nSPS) is 11.3. The van der Waals surface area contributed by atoms with Gasteiger partial charge in [0.2, 0.25) is 0 Å². The van der Waals surface area contributed by atoms with E-state index in [0.717, 1.165) is 5.56 Å². The van der Waals surface area contributed by atoms with Crippen LogP contribution < -0.4 is 10.5 Å². The van der Waals surface area contributed by atoms with Gasteiger partial charge in [-0.15, -0.1) is 0 Å². The molecule has 0 fully saturated rings. The van der Waals surface area contributed by atoms with Crippen molar-refractivity contribution in [1.82, 2.24) is 9.97 Å². The van der Waals surface area contributed by atoms with E-state index in [4.69, 9.17) is 5.73 Å². The molecule has 0 aliphatic rings. The maximum absolute atomic E-state index is 12.2. The number of nitrogens with one attached hydrogen (secondary N) is 1. The van der Waals surface area contributed by atoms with E-state index in [1.165, 1.54) is 18.7 Å². The fourth-order valence-corrected chi connectivity index (χ4v) is 2.96. The van der Waals surface area contributed by atoms with E-state index in [2.05, 4.69) is 14.7 Å². The van der Waals surface area contributed by atoms with Crippen LogP contribution in [0.2, 0.25) is 0 Å². The quantitative estimate of drug-likeness (QED) is 0.871. The van der Waals surface area contributed by atoms with E-state index in [1.807, 2.05) is 0 Å². The average Bonchev–Trinajstić information content (AvgIpc) is 2.38. The van der Waals surface area contributed by atoms with Crippen LogP contribution in [0.4, 0.5) is 5.69 Å². The minimum atomic E-state index is -3.64. The van der Waals surface area contributed by atoms with Gasteiger partial charge < -0.3 is 5.73 Å². The third-order valence-electron chi connectivity index (χ3n) is 2.58. The molecule has 6 nitrogen and oxygen atoms in total. The van der Waals surface area contributed by atoms with Gasteiger partial charge in [0.1, 0.15) is 6.33 Å². The largest absolute Gasteiger partial charge is 0.326 e. The number of hydrogen-bond donors (Lipinski definition) is 2. The highest BCUT2D eigenvalue weighted by Gasteiger charge is 2.17. The van der Waals surface area contributed by atoms with Crippen molar-refractivity contribution < 1.29 is 8.42 Å². The van der Waals surface area contributed by atoms with Crippen LogP contribution in [0.5, 0.6) is 0 Å². The molecule has 0 bridgehead atoms. The van der Waals surface area contributed by atoms with Gasteiger partial charge in [0, 0.05) is 6.54 Å². The summed E-state index contributed by atoms with van der Waals surface area (Å²) in [7, 11) is -3.64. The molecule has 0 amide bonds. The lowest BCUT2D eigenvalue weighted by molar-refractivity contribution is 0.600. The first-order chi connectivity index (χ1) is 9.03. The van der Waals surface area contributed by atoms with Gasteiger partial charge in [-0.1, -0.05) is 12.1 Å². The van der Waals surface area contributed by atoms with Crippen molar-refractivity contribution >= 4 is 15.7 Å². The molecular formula is C12H14N4O2S. The molecule has 0 spiro atoms. The first kappa shape index (κ1) is 13.4. The molecule has 1 aromatic heterocycles. The molecule has 7 heteroatoms. The number of anilines is 1. The van der Waals surface area contributed by atoms with E-state index in [9.17, 15) is 8.42 Å². The van der Waals surface area contributed by atoms with E-state index in [1.54, 1.807) is 25.1 Å². The molecule has 0 saturated heterocycles. The highest BCUT2D eigenvalue weighted by Crippen LogP contribution is 2.19. The van der Waals surface area contributed by atoms with E-state index in [-0.39, 0.29) is 4.90 Å². The highest BCUT2D eigenvalue weighted by molar-refractivity contribution is 7.92. The molecule has 100 valence electrons. The summed E-state index contributed by atoms with van der Waals surface area (Å²) in [6.07, 6.45) is 4.13. The molecule has 19 heavy (non-hydrogen) atoms. The fraction of sp³-hybridized carbons (Fsp3) is 0.167. The molecule has 0 aliphatic heterocycles. The van der Waals surface area contributed by atoms with Gasteiger partial charge in [0.15, 0.2) is 0 Å². The van der Waals surface area contributed by atoms with Gasteiger partial charge in [0.25, 0.3) is 10.0 Å². The summed E-state index contributed by atoms with van der Waals surface area (Å²) in [5, 5.41) is 0. The van der Waals surface area contributed by atoms with Gasteiger partial charge in [-0.05, 0) is 24.1 Å². The van der Waals surface area contributed by atoms with Crippen molar-refractivity contribution in [2.45, 2.75) is 18.4 Å². The highest BCUT2D eigenvalue weighted by atomic mass is 32.2. The lowest BCUT2D eigenvalue weighted by Crippen LogP contribution is -2.15. The van der Waals surface area contributed by atoms with Crippen LogP contribution in [0.3, 0.4) is 0 Å². The third-order valence-corrected chi connectivity index (χ3v) is 4.12. The zero-order valence-electron chi connectivity index (χ0n) is 10.4. The second kappa shape index (κ2) is 5.33. The maximum atomic E-state index is 12.2. The topological polar surface area (TPSA) is 98.0 Å². The van der Waals surface area contributed by atoms with Gasteiger partial charge >= 0.3 is 0 Å². The average molecular weight is 278 g/mol. The van der Waals surface area contributed by atoms with Crippen LogP contribution in [0, 0.1) is 6.92 Å². The standard InChI is InChI=1S/C12H14N4O2S/c1-9-4-10(5-13)2-3-12(9)19(17,18)16-11-6-14-8-15-7-11/h2-4,6-8,16H,5,13H2,1H3. The number of rotatable bonds is 4. The zero-order chi connectivity index (χ0) is 13.9. The monoisotopic (exact) mass is 278 g/mol. The molecule has 1 heterocycles. The molecule has 2 rings (SSSR count). The van der Waals surface area contributed by atoms with Crippen LogP contribution in [0.1, 0.15) is 11.1 Å². The van der Waals surface area contributed by atoms with Crippen molar-refractivity contribution in [2.75, 3.05) is 4.72 Å². The number of sulfonamides is 1. The Morgan fingerprint density at radius 2 is 1.95 bits per heavy atom. The Morgan fingerprint density at radius 3 is 2.53 bits per heavy atom. The Hall–Kier alpha value is -1.99. The van der Waals surface area contributed by atoms with Gasteiger partial charge in [-0.3, -0.25) is 4.72 Å². The summed E-state index contributed by atoms with van der Waals surface area (Å²) in [6, 6.07) is 5.00. The Balaban J connectivity index is 2.35. The minimum Gasteiger partial charge on any atom is -0.326 e. The molecule has 3 N–H and O–H groups in total. The van der Waals surface area contributed by atoms with Crippen molar-refractivity contribution in [2.24, 2.45) is 5.73 Å². The van der Waals surface area contributed by atoms with Crippen molar-refractivity contribution in [3.63, 3.8) is 0 Å². The summed E-state index contributed by atoms with van der Waals surface area (Å²) < 4.78 is 26.9. The second-order valence-corrected chi connectivity index (χ2v) is 5.69. The Labute approximate surface area is 111 Å². The molecule has 0 atom stereocenters. The summed E-state index contributed by atoms with van der Waals surface area (Å²) >= 11 is 0. The second-order valence-electron chi connectivity index (χ2n) is 4.04. The van der Waals surface area contributed by atoms with Gasteiger partial charge in [-0.25, -0.2) is 18.4 Å². The van der Waals surface area contributed by atoms with E-state index >= 15 is 0 Å². The lowest BCUT2D eigenvalue weighted by Gasteiger charge is -2.10. The molecule has 0 unspecified atom stereocenters. The molecule has 2 aromatic rings. The first-order valence-electron chi connectivity index (χ1n) is 5.60. The first-order valence-corrected chi connectivity index (χ1v) is 7.08. The van der Waals surface area contributed by atoms with Gasteiger partial charge in [0.05, 0.1) is 23.0 Å². The van der Waals surface area contributed by atoms with Crippen molar-refractivity contribution in [3.05, 3.63) is 48.0 Å². The number of nitrogens with zero attached hydrogens (tertiary/aromatic N) is 2. The van der Waals surface area contributed by atoms with Crippen LogP contribution in [-0.2, 0) is 16.6 Å². The van der Waals surface area contributed by atoms with Crippen LogP contribution in [0.25, 0.3) is 0 Å². The molecule has 1 aromatic carbocycles. The lowest BCUT2D eigenvalue weighted by atomic mass is 10.1. The number of hydrogen-bond acceptors (Lipinski definition) is 5. The predicted octanol–water partition coefficient (Wildman–Crippen LogP) is 1.04. The predicted molar refractivity (Wildman–Crippen MR) is 71.9 cm³/mol. The molecule has 0 radical (unpaired) electrons. The Bertz CT molecular complexity index is 671. The van der Waals surface area contributed by atoms with E-state index < -0.39 is 10.0 Å². The summed E-state index contributed by atoms with van der Waals surface area (Å²) in [5.74, 6) is 0. The summed E-state index contributed by atoms with van der Waals surface area (Å²) in [5.41, 5.74) is 7.38. The fourth-order valence-electron chi connectivity index (χ4n) is 1.70. The summed E-state index contributed by atoms with van der Waals surface area (Å²) in [4.78, 5) is 7.73. The van der Waals surface area contributed by atoms with Crippen molar-refractivity contribution in [1.29, 1.82) is 0 Å². The zero-order valence-corrected chi connectivity index (χ0v) is 11.2. The molecular weight excluding hydrogens is 264 g/mol. The Kier molecular flexibility index (Phi) is 3.77. The van der Waals surface area contributed by atoms with Crippen LogP contribution in [-0.4, -0.2) is 18.4 Å². The minimum absolute atomic E-state index is 0.216. The number of aromatic nitrogens is 2. The SMILES string of the molecule is Cc1cc(CN)ccc1S(=O)(=O)Nc1cncnc1. The number of aryl methyl sites for hydroxylation is 1. The molecule has 0 saturated carbocycles. The van der Waals surface area contributed by atoms with E-state index in [0.29, 0.717) is 17.8 Å². The van der Waals surface area contributed by atoms with Gasteiger partial charge in [-0.2, -0.15) is 0 Å². The van der Waals surface area contributed by atoms with Crippen LogP contribution >= 0.6 is 0 Å². The smallest absolute Gasteiger partial charge is 0.262 e. The summed E-state index contributed by atoms with van der Waals surface area (Å²) in [6.45, 7) is 2.11. The number of benzene rings is 1.